The van der Waals surface area contributed by atoms with Gasteiger partial charge < -0.3 is 10.5 Å². The molecule has 0 atom stereocenters. The third kappa shape index (κ3) is 4.97. The standard InChI is InChI=1S/C25H29N3O2/c1-18-14-24(27-23-9-8-19(15-22(18)23)16-25(26)29)20-6-5-7-21(17-20)30-13-12-28-10-3-2-4-11-28/h5-9,14-15,17H,2-4,10-13,16H2,1H3,(H2,26,29). The summed E-state index contributed by atoms with van der Waals surface area (Å²) in [5, 5.41) is 1.05. The first-order valence-corrected chi connectivity index (χ1v) is 10.7. The maximum absolute atomic E-state index is 11.2. The van der Waals surface area contributed by atoms with Crippen LogP contribution in [0.3, 0.4) is 0 Å². The molecule has 1 aromatic heterocycles. The van der Waals surface area contributed by atoms with Crippen molar-refractivity contribution < 1.29 is 9.53 Å². The summed E-state index contributed by atoms with van der Waals surface area (Å²) >= 11 is 0. The number of rotatable bonds is 7. The number of ether oxygens (including phenoxy) is 1. The number of likely N-dealkylation sites (tertiary alicyclic amines) is 1. The van der Waals surface area contributed by atoms with E-state index in [1.54, 1.807) is 0 Å². The van der Waals surface area contributed by atoms with Crippen LogP contribution in [0, 0.1) is 6.92 Å². The molecule has 5 heteroatoms. The summed E-state index contributed by atoms with van der Waals surface area (Å²) < 4.78 is 6.03. The van der Waals surface area contributed by atoms with E-state index in [0.717, 1.165) is 45.6 Å². The van der Waals surface area contributed by atoms with Crippen LogP contribution in [0.2, 0.25) is 0 Å². The van der Waals surface area contributed by atoms with Gasteiger partial charge in [0.1, 0.15) is 12.4 Å². The molecule has 4 rings (SSSR count). The van der Waals surface area contributed by atoms with Gasteiger partial charge in [-0.1, -0.05) is 24.6 Å². The van der Waals surface area contributed by atoms with Crippen molar-refractivity contribution in [3.8, 4) is 17.0 Å². The normalized spacial score (nSPS) is 14.7. The number of hydrogen-bond donors (Lipinski definition) is 1. The number of aryl methyl sites for hydroxylation is 1. The fourth-order valence-electron chi connectivity index (χ4n) is 4.12. The van der Waals surface area contributed by atoms with Gasteiger partial charge >= 0.3 is 0 Å². The molecule has 1 aliphatic heterocycles. The van der Waals surface area contributed by atoms with E-state index in [1.807, 2.05) is 30.3 Å². The third-order valence-corrected chi connectivity index (χ3v) is 5.71. The first-order valence-electron chi connectivity index (χ1n) is 10.7. The van der Waals surface area contributed by atoms with E-state index in [4.69, 9.17) is 15.5 Å². The molecule has 1 fully saturated rings. The van der Waals surface area contributed by atoms with Crippen molar-refractivity contribution in [2.24, 2.45) is 5.73 Å². The Kier molecular flexibility index (Phi) is 6.29. The van der Waals surface area contributed by atoms with Crippen molar-refractivity contribution in [1.82, 2.24) is 9.88 Å². The number of hydrogen-bond acceptors (Lipinski definition) is 4. The predicted octanol–water partition coefficient (Wildman–Crippen LogP) is 4.10. The fourth-order valence-corrected chi connectivity index (χ4v) is 4.12. The first kappa shape index (κ1) is 20.4. The quantitative estimate of drug-likeness (QED) is 0.645. The van der Waals surface area contributed by atoms with Gasteiger partial charge in [-0.3, -0.25) is 9.69 Å². The van der Waals surface area contributed by atoms with Crippen LogP contribution in [0.15, 0.2) is 48.5 Å². The van der Waals surface area contributed by atoms with Gasteiger partial charge in [0.15, 0.2) is 0 Å². The Hall–Kier alpha value is -2.92. The van der Waals surface area contributed by atoms with E-state index >= 15 is 0 Å². The van der Waals surface area contributed by atoms with Crippen LogP contribution >= 0.6 is 0 Å². The molecule has 30 heavy (non-hydrogen) atoms. The lowest BCUT2D eigenvalue weighted by molar-refractivity contribution is -0.117. The topological polar surface area (TPSA) is 68.4 Å². The monoisotopic (exact) mass is 403 g/mol. The van der Waals surface area contributed by atoms with Crippen molar-refractivity contribution in [2.45, 2.75) is 32.6 Å². The molecule has 3 aromatic rings. The summed E-state index contributed by atoms with van der Waals surface area (Å²) in [6.07, 6.45) is 4.19. The van der Waals surface area contributed by atoms with E-state index in [-0.39, 0.29) is 12.3 Å². The third-order valence-electron chi connectivity index (χ3n) is 5.71. The van der Waals surface area contributed by atoms with Crippen molar-refractivity contribution >= 4 is 16.8 Å². The lowest BCUT2D eigenvalue weighted by atomic mass is 10.0. The second kappa shape index (κ2) is 9.26. The largest absolute Gasteiger partial charge is 0.492 e. The molecule has 5 nitrogen and oxygen atoms in total. The van der Waals surface area contributed by atoms with E-state index in [2.05, 4.69) is 30.0 Å². The summed E-state index contributed by atoms with van der Waals surface area (Å²) in [7, 11) is 0. The molecule has 2 aromatic carbocycles. The second-order valence-corrected chi connectivity index (χ2v) is 8.10. The van der Waals surface area contributed by atoms with Crippen LogP contribution in [-0.4, -0.2) is 42.0 Å². The van der Waals surface area contributed by atoms with Gasteiger partial charge in [0.2, 0.25) is 5.91 Å². The number of pyridine rings is 1. The maximum Gasteiger partial charge on any atom is 0.221 e. The molecule has 0 saturated carbocycles. The molecule has 2 N–H and O–H groups in total. The van der Waals surface area contributed by atoms with Gasteiger partial charge in [0, 0.05) is 17.5 Å². The van der Waals surface area contributed by atoms with Crippen LogP contribution in [0.25, 0.3) is 22.2 Å². The summed E-state index contributed by atoms with van der Waals surface area (Å²) in [5.74, 6) is 0.551. The van der Waals surface area contributed by atoms with E-state index in [9.17, 15) is 4.79 Å². The van der Waals surface area contributed by atoms with Gasteiger partial charge in [0.25, 0.3) is 0 Å². The zero-order chi connectivity index (χ0) is 20.9. The van der Waals surface area contributed by atoms with Crippen LogP contribution < -0.4 is 10.5 Å². The molecule has 1 amide bonds. The van der Waals surface area contributed by atoms with Crippen molar-refractivity contribution in [1.29, 1.82) is 0 Å². The van der Waals surface area contributed by atoms with E-state index < -0.39 is 0 Å². The molecule has 0 bridgehead atoms. The highest BCUT2D eigenvalue weighted by molar-refractivity contribution is 5.87. The first-order chi connectivity index (χ1) is 14.6. The number of nitrogens with zero attached hydrogens (tertiary/aromatic N) is 2. The smallest absolute Gasteiger partial charge is 0.221 e. The van der Waals surface area contributed by atoms with Gasteiger partial charge in [-0.2, -0.15) is 0 Å². The van der Waals surface area contributed by atoms with E-state index in [1.165, 1.54) is 32.4 Å². The minimum Gasteiger partial charge on any atom is -0.492 e. The highest BCUT2D eigenvalue weighted by Gasteiger charge is 2.11. The van der Waals surface area contributed by atoms with Crippen LogP contribution in [0.5, 0.6) is 5.75 Å². The Morgan fingerprint density at radius 3 is 2.73 bits per heavy atom. The minimum absolute atomic E-state index is 0.244. The highest BCUT2D eigenvalue weighted by Crippen LogP contribution is 2.27. The maximum atomic E-state index is 11.2. The predicted molar refractivity (Wildman–Crippen MR) is 121 cm³/mol. The van der Waals surface area contributed by atoms with Crippen molar-refractivity contribution in [2.75, 3.05) is 26.2 Å². The van der Waals surface area contributed by atoms with Gasteiger partial charge in [-0.05, 0) is 74.3 Å². The minimum atomic E-state index is -0.325. The van der Waals surface area contributed by atoms with Crippen molar-refractivity contribution in [3.05, 3.63) is 59.7 Å². The second-order valence-electron chi connectivity index (χ2n) is 8.10. The molecule has 0 spiro atoms. The number of fused-ring (bicyclic) bond motifs is 1. The molecule has 1 saturated heterocycles. The fraction of sp³-hybridized carbons (Fsp3) is 0.360. The summed E-state index contributed by atoms with van der Waals surface area (Å²) in [4.78, 5) is 18.5. The Balaban J connectivity index is 1.50. The highest BCUT2D eigenvalue weighted by atomic mass is 16.5. The number of carbonyl (C=O) groups is 1. The molecular formula is C25H29N3O2. The Morgan fingerprint density at radius 1 is 1.10 bits per heavy atom. The van der Waals surface area contributed by atoms with Crippen molar-refractivity contribution in [3.63, 3.8) is 0 Å². The molecule has 156 valence electrons. The van der Waals surface area contributed by atoms with Crippen LogP contribution in [-0.2, 0) is 11.2 Å². The zero-order valence-electron chi connectivity index (χ0n) is 17.6. The molecular weight excluding hydrogens is 374 g/mol. The molecule has 2 heterocycles. The zero-order valence-corrected chi connectivity index (χ0v) is 17.6. The Bertz CT molecular complexity index is 1040. The van der Waals surface area contributed by atoms with E-state index in [0.29, 0.717) is 6.61 Å². The molecule has 0 radical (unpaired) electrons. The number of aromatic nitrogens is 1. The number of primary amides is 1. The number of nitrogens with two attached hydrogens (primary N) is 1. The van der Waals surface area contributed by atoms with Crippen LogP contribution in [0.1, 0.15) is 30.4 Å². The van der Waals surface area contributed by atoms with Gasteiger partial charge in [0.05, 0.1) is 17.6 Å². The molecule has 0 unspecified atom stereocenters. The number of piperidine rings is 1. The Morgan fingerprint density at radius 2 is 1.93 bits per heavy atom. The summed E-state index contributed by atoms with van der Waals surface area (Å²) in [6.45, 7) is 6.12. The molecule has 0 aliphatic carbocycles. The number of benzene rings is 2. The average Bonchev–Trinajstić information content (AvgIpc) is 2.75. The lowest BCUT2D eigenvalue weighted by Crippen LogP contribution is -2.33. The summed E-state index contributed by atoms with van der Waals surface area (Å²) in [5.41, 5.74) is 10.2. The van der Waals surface area contributed by atoms with Crippen LogP contribution in [0.4, 0.5) is 0 Å². The average molecular weight is 404 g/mol. The lowest BCUT2D eigenvalue weighted by Gasteiger charge is -2.26. The Labute approximate surface area is 177 Å². The van der Waals surface area contributed by atoms with Gasteiger partial charge in [-0.15, -0.1) is 0 Å². The SMILES string of the molecule is Cc1cc(-c2cccc(OCCN3CCCCC3)c2)nc2ccc(CC(N)=O)cc12. The summed E-state index contributed by atoms with van der Waals surface area (Å²) in [6, 6.07) is 16.1. The molecule has 1 aliphatic rings. The number of amides is 1. The van der Waals surface area contributed by atoms with Gasteiger partial charge in [-0.25, -0.2) is 4.98 Å². The number of carbonyl (C=O) groups excluding carboxylic acids is 1.